The first-order valence-electron chi connectivity index (χ1n) is 9.17. The van der Waals surface area contributed by atoms with Crippen LogP contribution in [0.4, 0.5) is 5.69 Å². The number of anilines is 1. The minimum absolute atomic E-state index is 0.226. The quantitative estimate of drug-likeness (QED) is 0.568. The lowest BCUT2D eigenvalue weighted by molar-refractivity contribution is 0.0977. The lowest BCUT2D eigenvalue weighted by Gasteiger charge is -2.11. The van der Waals surface area contributed by atoms with E-state index in [1.54, 1.807) is 31.4 Å². The van der Waals surface area contributed by atoms with Crippen LogP contribution >= 0.6 is 12.2 Å². The molecule has 0 atom stereocenters. The van der Waals surface area contributed by atoms with Crippen LogP contribution in [0.3, 0.4) is 0 Å². The minimum Gasteiger partial charge on any atom is -0.497 e. The fourth-order valence-electron chi connectivity index (χ4n) is 2.65. The zero-order valence-corrected chi connectivity index (χ0v) is 16.9. The first kappa shape index (κ1) is 20.4. The topological polar surface area (TPSA) is 59.6 Å². The van der Waals surface area contributed by atoms with E-state index in [1.165, 1.54) is 5.56 Å². The van der Waals surface area contributed by atoms with Gasteiger partial charge in [-0.15, -0.1) is 0 Å². The van der Waals surface area contributed by atoms with Gasteiger partial charge in [0.1, 0.15) is 11.5 Å². The molecule has 0 aliphatic carbocycles. The molecule has 148 valence electrons. The van der Waals surface area contributed by atoms with Crippen molar-refractivity contribution in [1.82, 2.24) is 5.32 Å². The van der Waals surface area contributed by atoms with E-state index in [9.17, 15) is 4.79 Å². The summed E-state index contributed by atoms with van der Waals surface area (Å²) in [6.45, 7) is 0.604. The number of hydrogen-bond acceptors (Lipinski definition) is 4. The number of carbonyl (C=O) groups excluding carboxylic acids is 1. The van der Waals surface area contributed by atoms with Gasteiger partial charge in [-0.2, -0.15) is 0 Å². The summed E-state index contributed by atoms with van der Waals surface area (Å²) < 4.78 is 10.9. The molecule has 3 rings (SSSR count). The maximum atomic E-state index is 12.2. The highest BCUT2D eigenvalue weighted by Crippen LogP contribution is 2.16. The number of nitrogens with one attached hydrogen (secondary N) is 2. The van der Waals surface area contributed by atoms with Crippen LogP contribution in [0.25, 0.3) is 0 Å². The first-order chi connectivity index (χ1) is 14.1. The Morgan fingerprint density at radius 1 is 0.897 bits per heavy atom. The van der Waals surface area contributed by atoms with Gasteiger partial charge in [0, 0.05) is 17.7 Å². The third-order valence-corrected chi connectivity index (χ3v) is 4.40. The van der Waals surface area contributed by atoms with Crippen LogP contribution in [0.15, 0.2) is 78.9 Å². The van der Waals surface area contributed by atoms with E-state index in [0.717, 1.165) is 17.9 Å². The van der Waals surface area contributed by atoms with Gasteiger partial charge < -0.3 is 14.8 Å². The standard InChI is InChI=1S/C23H22N2O3S/c1-27-20-11-7-18(8-12-20)22(26)25-23(29)24-19-9-13-21(14-10-19)28-16-15-17-5-3-2-4-6-17/h2-14H,15-16H2,1H3,(H2,24,25,26,29). The second-order valence-corrected chi connectivity index (χ2v) is 6.65. The highest BCUT2D eigenvalue weighted by molar-refractivity contribution is 7.80. The third kappa shape index (κ3) is 6.33. The molecule has 0 bridgehead atoms. The summed E-state index contributed by atoms with van der Waals surface area (Å²) in [5.41, 5.74) is 2.50. The fourth-order valence-corrected chi connectivity index (χ4v) is 2.86. The van der Waals surface area contributed by atoms with Crippen molar-refractivity contribution in [2.75, 3.05) is 19.0 Å². The normalized spacial score (nSPS) is 10.1. The smallest absolute Gasteiger partial charge is 0.257 e. The van der Waals surface area contributed by atoms with Crippen molar-refractivity contribution in [2.45, 2.75) is 6.42 Å². The van der Waals surface area contributed by atoms with Crippen molar-refractivity contribution >= 4 is 28.9 Å². The van der Waals surface area contributed by atoms with Crippen LogP contribution < -0.4 is 20.1 Å². The van der Waals surface area contributed by atoms with Crippen molar-refractivity contribution in [3.63, 3.8) is 0 Å². The summed E-state index contributed by atoms with van der Waals surface area (Å²) in [6, 6.07) is 24.4. The molecule has 3 aromatic rings. The van der Waals surface area contributed by atoms with Crippen LogP contribution in [-0.4, -0.2) is 24.7 Å². The summed E-state index contributed by atoms with van der Waals surface area (Å²) in [5, 5.41) is 5.88. The molecular weight excluding hydrogens is 384 g/mol. The summed E-state index contributed by atoms with van der Waals surface area (Å²) in [4.78, 5) is 12.2. The molecule has 0 saturated carbocycles. The zero-order chi connectivity index (χ0) is 20.5. The minimum atomic E-state index is -0.286. The molecule has 0 aromatic heterocycles. The van der Waals surface area contributed by atoms with Crippen molar-refractivity contribution in [1.29, 1.82) is 0 Å². The molecule has 6 heteroatoms. The van der Waals surface area contributed by atoms with E-state index in [4.69, 9.17) is 21.7 Å². The summed E-state index contributed by atoms with van der Waals surface area (Å²) in [5.74, 6) is 1.18. The molecule has 2 N–H and O–H groups in total. The van der Waals surface area contributed by atoms with Gasteiger partial charge in [0.05, 0.1) is 13.7 Å². The zero-order valence-electron chi connectivity index (χ0n) is 16.1. The predicted octanol–water partition coefficient (Wildman–Crippen LogP) is 4.44. The van der Waals surface area contributed by atoms with Gasteiger partial charge in [0.2, 0.25) is 0 Å². The molecule has 0 aliphatic rings. The number of thiocarbonyl (C=S) groups is 1. The molecule has 0 saturated heterocycles. The monoisotopic (exact) mass is 406 g/mol. The van der Waals surface area contributed by atoms with Gasteiger partial charge in [-0.25, -0.2) is 0 Å². The highest BCUT2D eigenvalue weighted by atomic mass is 32.1. The molecule has 0 spiro atoms. The van der Waals surface area contributed by atoms with Crippen LogP contribution in [0, 0.1) is 0 Å². The lowest BCUT2D eigenvalue weighted by Crippen LogP contribution is -2.34. The highest BCUT2D eigenvalue weighted by Gasteiger charge is 2.08. The molecule has 3 aromatic carbocycles. The molecule has 0 unspecified atom stereocenters. The van der Waals surface area contributed by atoms with Crippen molar-refractivity contribution in [2.24, 2.45) is 0 Å². The maximum Gasteiger partial charge on any atom is 0.257 e. The molecule has 5 nitrogen and oxygen atoms in total. The van der Waals surface area contributed by atoms with Crippen LogP contribution in [0.1, 0.15) is 15.9 Å². The largest absolute Gasteiger partial charge is 0.497 e. The Kier molecular flexibility index (Phi) is 7.19. The number of ether oxygens (including phenoxy) is 2. The third-order valence-electron chi connectivity index (χ3n) is 4.19. The van der Waals surface area contributed by atoms with Gasteiger partial charge in [0.25, 0.3) is 5.91 Å². The lowest BCUT2D eigenvalue weighted by atomic mass is 10.2. The molecule has 0 heterocycles. The molecule has 0 radical (unpaired) electrons. The predicted molar refractivity (Wildman–Crippen MR) is 119 cm³/mol. The number of hydrogen-bond donors (Lipinski definition) is 2. The molecule has 1 amide bonds. The van der Waals surface area contributed by atoms with E-state index in [-0.39, 0.29) is 11.0 Å². The van der Waals surface area contributed by atoms with Crippen LogP contribution in [0.2, 0.25) is 0 Å². The molecule has 0 aliphatic heterocycles. The SMILES string of the molecule is COc1ccc(C(=O)NC(=S)Nc2ccc(OCCc3ccccc3)cc2)cc1. The first-order valence-corrected chi connectivity index (χ1v) is 9.58. The van der Waals surface area contributed by atoms with Crippen molar-refractivity contribution in [3.05, 3.63) is 90.0 Å². The van der Waals surface area contributed by atoms with E-state index >= 15 is 0 Å². The van der Waals surface area contributed by atoms with E-state index in [2.05, 4.69) is 22.8 Å². The average Bonchev–Trinajstić information content (AvgIpc) is 2.75. The molecule has 0 fully saturated rings. The Morgan fingerprint density at radius 2 is 1.55 bits per heavy atom. The Bertz CT molecular complexity index is 942. The number of carbonyl (C=O) groups is 1. The van der Waals surface area contributed by atoms with Crippen LogP contribution in [-0.2, 0) is 6.42 Å². The van der Waals surface area contributed by atoms with Crippen molar-refractivity contribution in [3.8, 4) is 11.5 Å². The summed E-state index contributed by atoms with van der Waals surface area (Å²) >= 11 is 5.22. The Hall–Kier alpha value is -3.38. The van der Waals surface area contributed by atoms with Gasteiger partial charge in [-0.3, -0.25) is 10.1 Å². The second kappa shape index (κ2) is 10.2. The maximum absolute atomic E-state index is 12.2. The summed E-state index contributed by atoms with van der Waals surface area (Å²) in [6.07, 6.45) is 0.850. The van der Waals surface area contributed by atoms with Gasteiger partial charge in [-0.05, 0) is 66.3 Å². The van der Waals surface area contributed by atoms with Crippen LogP contribution in [0.5, 0.6) is 11.5 Å². The molecule has 29 heavy (non-hydrogen) atoms. The number of amides is 1. The fraction of sp³-hybridized carbons (Fsp3) is 0.130. The molecular formula is C23H22N2O3S. The van der Waals surface area contributed by atoms with Crippen molar-refractivity contribution < 1.29 is 14.3 Å². The van der Waals surface area contributed by atoms with E-state index < -0.39 is 0 Å². The second-order valence-electron chi connectivity index (χ2n) is 6.25. The Balaban J connectivity index is 1.45. The Labute approximate surface area is 175 Å². The summed E-state index contributed by atoms with van der Waals surface area (Å²) in [7, 11) is 1.58. The number of rotatable bonds is 7. The average molecular weight is 407 g/mol. The van der Waals surface area contributed by atoms with E-state index in [1.807, 2.05) is 42.5 Å². The van der Waals surface area contributed by atoms with Gasteiger partial charge in [-0.1, -0.05) is 30.3 Å². The van der Waals surface area contributed by atoms with Gasteiger partial charge in [0.15, 0.2) is 5.11 Å². The number of benzene rings is 3. The van der Waals surface area contributed by atoms with E-state index in [0.29, 0.717) is 17.9 Å². The number of methoxy groups -OCH3 is 1. The Morgan fingerprint density at radius 3 is 2.21 bits per heavy atom. The van der Waals surface area contributed by atoms with Gasteiger partial charge >= 0.3 is 0 Å².